The molecule has 0 aliphatic heterocycles. The number of rotatable bonds is 3. The number of hydrogen-bond acceptors (Lipinski definition) is 3. The zero-order valence-electron chi connectivity index (χ0n) is 10.5. The standard InChI is InChI=1S/C14H20O2S/c1-2-9-16-14(15)13-10-11-7-5-3-4-6-8-12(11)17-13/h10H,2-9H2,1H3. The predicted octanol–water partition coefficient (Wildman–Crippen LogP) is 3.97. The van der Waals surface area contributed by atoms with Crippen LogP contribution in [0, 0.1) is 0 Å². The van der Waals surface area contributed by atoms with Gasteiger partial charge in [-0.2, -0.15) is 0 Å². The summed E-state index contributed by atoms with van der Waals surface area (Å²) in [5.41, 5.74) is 1.39. The summed E-state index contributed by atoms with van der Waals surface area (Å²) in [4.78, 5) is 14.0. The summed E-state index contributed by atoms with van der Waals surface area (Å²) in [6, 6.07) is 2.06. The summed E-state index contributed by atoms with van der Waals surface area (Å²) in [5, 5.41) is 0. The summed E-state index contributed by atoms with van der Waals surface area (Å²) in [6.07, 6.45) is 8.33. The highest BCUT2D eigenvalue weighted by Crippen LogP contribution is 2.28. The van der Waals surface area contributed by atoms with Crippen LogP contribution in [-0.4, -0.2) is 12.6 Å². The summed E-state index contributed by atoms with van der Waals surface area (Å²) in [6.45, 7) is 2.54. The van der Waals surface area contributed by atoms with Gasteiger partial charge in [0.15, 0.2) is 0 Å². The van der Waals surface area contributed by atoms with Gasteiger partial charge in [-0.15, -0.1) is 11.3 Å². The molecule has 0 N–H and O–H groups in total. The van der Waals surface area contributed by atoms with E-state index in [1.54, 1.807) is 11.3 Å². The van der Waals surface area contributed by atoms with Gasteiger partial charge in [0.2, 0.25) is 0 Å². The van der Waals surface area contributed by atoms with Crippen molar-refractivity contribution in [3.05, 3.63) is 21.4 Å². The van der Waals surface area contributed by atoms with Crippen molar-refractivity contribution in [3.63, 3.8) is 0 Å². The molecule has 17 heavy (non-hydrogen) atoms. The molecule has 2 rings (SSSR count). The van der Waals surface area contributed by atoms with Gasteiger partial charge >= 0.3 is 5.97 Å². The van der Waals surface area contributed by atoms with Crippen LogP contribution in [0.1, 0.15) is 59.1 Å². The third-order valence-corrected chi connectivity index (χ3v) is 4.35. The molecular weight excluding hydrogens is 232 g/mol. The highest BCUT2D eigenvalue weighted by Gasteiger charge is 2.16. The molecule has 0 saturated heterocycles. The van der Waals surface area contributed by atoms with Gasteiger partial charge < -0.3 is 4.74 Å². The normalized spacial score (nSPS) is 15.8. The fraction of sp³-hybridized carbons (Fsp3) is 0.643. The highest BCUT2D eigenvalue weighted by molar-refractivity contribution is 7.14. The molecule has 1 aliphatic carbocycles. The molecule has 0 unspecified atom stereocenters. The Morgan fingerprint density at radius 1 is 1.29 bits per heavy atom. The van der Waals surface area contributed by atoms with Crippen LogP contribution in [0.25, 0.3) is 0 Å². The first-order valence-corrected chi connectivity index (χ1v) is 7.41. The van der Waals surface area contributed by atoms with E-state index in [0.717, 1.165) is 24.1 Å². The molecule has 0 bridgehead atoms. The molecule has 0 radical (unpaired) electrons. The van der Waals surface area contributed by atoms with Crippen molar-refractivity contribution < 1.29 is 9.53 Å². The summed E-state index contributed by atoms with van der Waals surface area (Å²) in [7, 11) is 0. The lowest BCUT2D eigenvalue weighted by molar-refractivity contribution is 0.0511. The quantitative estimate of drug-likeness (QED) is 0.761. The van der Waals surface area contributed by atoms with Gasteiger partial charge in [-0.05, 0) is 43.7 Å². The number of fused-ring (bicyclic) bond motifs is 1. The molecule has 0 amide bonds. The van der Waals surface area contributed by atoms with Crippen molar-refractivity contribution in [2.75, 3.05) is 6.61 Å². The minimum Gasteiger partial charge on any atom is -0.462 e. The minimum absolute atomic E-state index is 0.136. The van der Waals surface area contributed by atoms with E-state index in [2.05, 4.69) is 6.07 Å². The van der Waals surface area contributed by atoms with Gasteiger partial charge in [-0.25, -0.2) is 4.79 Å². The molecular formula is C14H20O2S. The van der Waals surface area contributed by atoms with E-state index in [1.165, 1.54) is 36.1 Å². The second-order valence-corrected chi connectivity index (χ2v) is 5.75. The summed E-state index contributed by atoms with van der Waals surface area (Å²) >= 11 is 1.64. The molecule has 0 atom stereocenters. The number of ether oxygens (including phenoxy) is 1. The zero-order chi connectivity index (χ0) is 12.1. The maximum atomic E-state index is 11.8. The van der Waals surface area contributed by atoms with Gasteiger partial charge in [0.05, 0.1) is 6.61 Å². The maximum Gasteiger partial charge on any atom is 0.348 e. The van der Waals surface area contributed by atoms with Gasteiger partial charge in [0.1, 0.15) is 4.88 Å². The average Bonchev–Trinajstić information content (AvgIpc) is 2.68. The second-order valence-electron chi connectivity index (χ2n) is 4.61. The van der Waals surface area contributed by atoms with Gasteiger partial charge in [0, 0.05) is 4.88 Å². The van der Waals surface area contributed by atoms with Crippen molar-refractivity contribution in [2.45, 2.75) is 51.9 Å². The van der Waals surface area contributed by atoms with Crippen LogP contribution in [0.15, 0.2) is 6.07 Å². The third-order valence-electron chi connectivity index (χ3n) is 3.14. The Morgan fingerprint density at radius 2 is 2.06 bits per heavy atom. The molecule has 1 heterocycles. The number of thiophene rings is 1. The Bertz CT molecular complexity index is 356. The predicted molar refractivity (Wildman–Crippen MR) is 70.8 cm³/mol. The van der Waals surface area contributed by atoms with E-state index in [-0.39, 0.29) is 5.97 Å². The molecule has 0 fully saturated rings. The number of esters is 1. The maximum absolute atomic E-state index is 11.8. The molecule has 1 aliphatic rings. The summed E-state index contributed by atoms with van der Waals surface area (Å²) in [5.74, 6) is -0.136. The summed E-state index contributed by atoms with van der Waals surface area (Å²) < 4.78 is 5.19. The average molecular weight is 252 g/mol. The van der Waals surface area contributed by atoms with Crippen LogP contribution in [0.4, 0.5) is 0 Å². The molecule has 2 nitrogen and oxygen atoms in total. The van der Waals surface area contributed by atoms with Crippen LogP contribution < -0.4 is 0 Å². The van der Waals surface area contributed by atoms with E-state index in [0.29, 0.717) is 6.61 Å². The van der Waals surface area contributed by atoms with Crippen LogP contribution in [0.5, 0.6) is 0 Å². The SMILES string of the molecule is CCCOC(=O)c1cc2c(s1)CCCCCC2. The van der Waals surface area contributed by atoms with Crippen LogP contribution >= 0.6 is 11.3 Å². The largest absolute Gasteiger partial charge is 0.462 e. The number of carbonyl (C=O) groups is 1. The van der Waals surface area contributed by atoms with Crippen LogP contribution in [0.3, 0.4) is 0 Å². The Kier molecular flexibility index (Phi) is 4.60. The Morgan fingerprint density at radius 3 is 2.82 bits per heavy atom. The molecule has 0 spiro atoms. The van der Waals surface area contributed by atoms with Gasteiger partial charge in [0.25, 0.3) is 0 Å². The molecule has 1 aromatic rings. The lowest BCUT2D eigenvalue weighted by atomic mass is 10.00. The first-order chi connectivity index (χ1) is 8.31. The van der Waals surface area contributed by atoms with Gasteiger partial charge in [-0.3, -0.25) is 0 Å². The van der Waals surface area contributed by atoms with Crippen molar-refractivity contribution in [2.24, 2.45) is 0 Å². The lowest BCUT2D eigenvalue weighted by Gasteiger charge is -2.07. The molecule has 0 aromatic carbocycles. The molecule has 3 heteroatoms. The Balaban J connectivity index is 2.09. The first-order valence-electron chi connectivity index (χ1n) is 6.60. The zero-order valence-corrected chi connectivity index (χ0v) is 11.3. The second kappa shape index (κ2) is 6.20. The van der Waals surface area contributed by atoms with Crippen molar-refractivity contribution in [1.82, 2.24) is 0 Å². The van der Waals surface area contributed by atoms with Crippen molar-refractivity contribution >= 4 is 17.3 Å². The van der Waals surface area contributed by atoms with Crippen LogP contribution in [-0.2, 0) is 17.6 Å². The highest BCUT2D eigenvalue weighted by atomic mass is 32.1. The van der Waals surface area contributed by atoms with Crippen LogP contribution in [0.2, 0.25) is 0 Å². The Hall–Kier alpha value is -0.830. The topological polar surface area (TPSA) is 26.3 Å². The monoisotopic (exact) mass is 252 g/mol. The van der Waals surface area contributed by atoms with E-state index in [9.17, 15) is 4.79 Å². The number of carbonyl (C=O) groups excluding carboxylic acids is 1. The smallest absolute Gasteiger partial charge is 0.348 e. The van der Waals surface area contributed by atoms with Gasteiger partial charge in [-0.1, -0.05) is 19.8 Å². The van der Waals surface area contributed by atoms with Crippen molar-refractivity contribution in [3.8, 4) is 0 Å². The molecule has 0 saturated carbocycles. The number of aryl methyl sites for hydroxylation is 2. The van der Waals surface area contributed by atoms with Crippen molar-refractivity contribution in [1.29, 1.82) is 0 Å². The molecule has 1 aromatic heterocycles. The first kappa shape index (κ1) is 12.6. The number of hydrogen-bond donors (Lipinski definition) is 0. The van der Waals surface area contributed by atoms with E-state index < -0.39 is 0 Å². The minimum atomic E-state index is -0.136. The van der Waals surface area contributed by atoms with E-state index in [4.69, 9.17) is 4.74 Å². The molecule has 94 valence electrons. The lowest BCUT2D eigenvalue weighted by Crippen LogP contribution is -2.03. The van der Waals surface area contributed by atoms with E-state index >= 15 is 0 Å². The van der Waals surface area contributed by atoms with E-state index in [1.807, 2.05) is 6.92 Å². The fourth-order valence-electron chi connectivity index (χ4n) is 2.21. The third kappa shape index (κ3) is 3.32. The Labute approximate surface area is 107 Å². The fourth-order valence-corrected chi connectivity index (χ4v) is 3.36.